The van der Waals surface area contributed by atoms with Crippen LogP contribution in [0.2, 0.25) is 0 Å². The highest BCUT2D eigenvalue weighted by atomic mass is 16.7. The molecule has 3 heteroatoms. The molecule has 0 aromatic heterocycles. The molecule has 0 N–H and O–H groups in total. The van der Waals surface area contributed by atoms with Gasteiger partial charge in [-0.05, 0) is 25.7 Å². The molecule has 1 spiro atoms. The minimum atomic E-state index is 0.0874. The molecule has 0 atom stereocenters. The minimum Gasteiger partial charge on any atom is -0.389 e. The lowest BCUT2D eigenvalue weighted by atomic mass is 9.87. The SMILES string of the molecule is CC1=NOC2(CCN(CC3CC3)CC2)C1. The van der Waals surface area contributed by atoms with Crippen molar-refractivity contribution in [1.82, 2.24) is 4.90 Å². The first-order valence-corrected chi connectivity index (χ1v) is 6.20. The molecular formula is C12H20N2O. The molecule has 2 heterocycles. The van der Waals surface area contributed by atoms with Gasteiger partial charge in [0.05, 0.1) is 5.71 Å². The highest BCUT2D eigenvalue weighted by molar-refractivity contribution is 5.83. The van der Waals surface area contributed by atoms with E-state index < -0.39 is 0 Å². The summed E-state index contributed by atoms with van der Waals surface area (Å²) in [5.74, 6) is 1.02. The molecular weight excluding hydrogens is 188 g/mol. The zero-order chi connectivity index (χ0) is 10.3. The van der Waals surface area contributed by atoms with E-state index >= 15 is 0 Å². The number of likely N-dealkylation sites (tertiary alicyclic amines) is 1. The van der Waals surface area contributed by atoms with Gasteiger partial charge in [-0.25, -0.2) is 0 Å². The molecule has 1 saturated heterocycles. The van der Waals surface area contributed by atoms with Crippen molar-refractivity contribution in [2.45, 2.75) is 44.6 Å². The van der Waals surface area contributed by atoms with Crippen molar-refractivity contribution in [3.8, 4) is 0 Å². The van der Waals surface area contributed by atoms with Crippen LogP contribution in [0.25, 0.3) is 0 Å². The van der Waals surface area contributed by atoms with E-state index in [1.165, 1.54) is 51.0 Å². The van der Waals surface area contributed by atoms with E-state index in [9.17, 15) is 0 Å². The summed E-state index contributed by atoms with van der Waals surface area (Å²) >= 11 is 0. The van der Waals surface area contributed by atoms with E-state index in [-0.39, 0.29) is 5.60 Å². The zero-order valence-corrected chi connectivity index (χ0v) is 9.54. The molecule has 0 aromatic rings. The Kier molecular flexibility index (Phi) is 2.23. The maximum absolute atomic E-state index is 5.62. The highest BCUT2D eigenvalue weighted by Crippen LogP contribution is 2.36. The van der Waals surface area contributed by atoms with Crippen LogP contribution < -0.4 is 0 Å². The number of nitrogens with zero attached hydrogens (tertiary/aromatic N) is 2. The molecule has 1 aliphatic carbocycles. The quantitative estimate of drug-likeness (QED) is 0.693. The van der Waals surface area contributed by atoms with E-state index in [1.54, 1.807) is 0 Å². The molecule has 1 saturated carbocycles. The summed E-state index contributed by atoms with van der Waals surface area (Å²) in [6, 6.07) is 0. The van der Waals surface area contributed by atoms with E-state index in [0.29, 0.717) is 0 Å². The van der Waals surface area contributed by atoms with Crippen molar-refractivity contribution in [2.75, 3.05) is 19.6 Å². The standard InChI is InChI=1S/C12H20N2O/c1-10-8-12(15-13-10)4-6-14(7-5-12)9-11-2-3-11/h11H,2-9H2,1H3. The molecule has 15 heavy (non-hydrogen) atoms. The Morgan fingerprint density at radius 2 is 2.13 bits per heavy atom. The average Bonchev–Trinajstić information content (AvgIpc) is 2.97. The van der Waals surface area contributed by atoms with E-state index in [2.05, 4.69) is 17.0 Å². The fraction of sp³-hybridized carbons (Fsp3) is 0.917. The van der Waals surface area contributed by atoms with Gasteiger partial charge in [0.1, 0.15) is 5.60 Å². The fourth-order valence-electron chi connectivity index (χ4n) is 2.78. The first kappa shape index (κ1) is 9.64. The summed E-state index contributed by atoms with van der Waals surface area (Å²) < 4.78 is 0. The molecule has 3 nitrogen and oxygen atoms in total. The van der Waals surface area contributed by atoms with Crippen LogP contribution in [0.15, 0.2) is 5.16 Å². The van der Waals surface area contributed by atoms with Gasteiger partial charge in [-0.3, -0.25) is 0 Å². The molecule has 0 bridgehead atoms. The first-order valence-electron chi connectivity index (χ1n) is 6.20. The molecule has 3 rings (SSSR count). The number of hydrogen-bond acceptors (Lipinski definition) is 3. The van der Waals surface area contributed by atoms with Crippen molar-refractivity contribution >= 4 is 5.71 Å². The van der Waals surface area contributed by atoms with Crippen LogP contribution in [0.5, 0.6) is 0 Å². The van der Waals surface area contributed by atoms with Gasteiger partial charge < -0.3 is 9.74 Å². The molecule has 2 aliphatic heterocycles. The van der Waals surface area contributed by atoms with Crippen molar-refractivity contribution in [3.05, 3.63) is 0 Å². The number of rotatable bonds is 2. The molecule has 2 fully saturated rings. The van der Waals surface area contributed by atoms with E-state index in [1.807, 2.05) is 0 Å². The second-order valence-corrected chi connectivity index (χ2v) is 5.52. The number of piperidine rings is 1. The van der Waals surface area contributed by atoms with Crippen LogP contribution in [-0.2, 0) is 4.84 Å². The largest absolute Gasteiger partial charge is 0.389 e. The molecule has 84 valence electrons. The predicted octanol–water partition coefficient (Wildman–Crippen LogP) is 2.03. The summed E-state index contributed by atoms with van der Waals surface area (Å²) in [7, 11) is 0. The molecule has 3 aliphatic rings. The van der Waals surface area contributed by atoms with Gasteiger partial charge in [0.2, 0.25) is 0 Å². The molecule has 0 unspecified atom stereocenters. The Balaban J connectivity index is 1.51. The Morgan fingerprint density at radius 1 is 1.40 bits per heavy atom. The summed E-state index contributed by atoms with van der Waals surface area (Å²) in [5.41, 5.74) is 1.26. The third kappa shape index (κ3) is 2.03. The summed E-state index contributed by atoms with van der Waals surface area (Å²) in [6.07, 6.45) is 6.31. The van der Waals surface area contributed by atoms with Gasteiger partial charge in [0.15, 0.2) is 0 Å². The normalized spacial score (nSPS) is 30.3. The predicted molar refractivity (Wildman–Crippen MR) is 59.9 cm³/mol. The number of oxime groups is 1. The van der Waals surface area contributed by atoms with Gasteiger partial charge in [0.25, 0.3) is 0 Å². The van der Waals surface area contributed by atoms with Gasteiger partial charge in [0, 0.05) is 38.9 Å². The fourth-order valence-corrected chi connectivity index (χ4v) is 2.78. The summed E-state index contributed by atoms with van der Waals surface area (Å²) in [5, 5.41) is 4.11. The van der Waals surface area contributed by atoms with Crippen LogP contribution >= 0.6 is 0 Å². The average molecular weight is 208 g/mol. The van der Waals surface area contributed by atoms with Crippen molar-refractivity contribution in [2.24, 2.45) is 11.1 Å². The molecule has 0 radical (unpaired) electrons. The summed E-state index contributed by atoms with van der Waals surface area (Å²) in [4.78, 5) is 8.23. The maximum Gasteiger partial charge on any atom is 0.145 e. The van der Waals surface area contributed by atoms with Gasteiger partial charge in [-0.1, -0.05) is 5.16 Å². The van der Waals surface area contributed by atoms with Crippen LogP contribution in [0.3, 0.4) is 0 Å². The van der Waals surface area contributed by atoms with Crippen LogP contribution in [0.1, 0.15) is 39.0 Å². The van der Waals surface area contributed by atoms with E-state index in [4.69, 9.17) is 4.84 Å². The first-order chi connectivity index (χ1) is 7.26. The van der Waals surface area contributed by atoms with E-state index in [0.717, 1.165) is 12.3 Å². The van der Waals surface area contributed by atoms with Crippen LogP contribution in [-0.4, -0.2) is 35.8 Å². The smallest absolute Gasteiger partial charge is 0.145 e. The minimum absolute atomic E-state index is 0.0874. The maximum atomic E-state index is 5.62. The lowest BCUT2D eigenvalue weighted by molar-refractivity contribution is -0.0619. The van der Waals surface area contributed by atoms with Crippen molar-refractivity contribution in [1.29, 1.82) is 0 Å². The number of hydrogen-bond donors (Lipinski definition) is 0. The summed E-state index contributed by atoms with van der Waals surface area (Å²) in [6.45, 7) is 5.82. The van der Waals surface area contributed by atoms with Crippen LogP contribution in [0, 0.1) is 5.92 Å². The van der Waals surface area contributed by atoms with Gasteiger partial charge in [-0.15, -0.1) is 0 Å². The third-order valence-corrected chi connectivity index (χ3v) is 3.95. The Labute approximate surface area is 91.5 Å². The van der Waals surface area contributed by atoms with Crippen LogP contribution in [0.4, 0.5) is 0 Å². The second-order valence-electron chi connectivity index (χ2n) is 5.52. The van der Waals surface area contributed by atoms with Gasteiger partial charge in [-0.2, -0.15) is 0 Å². The lowest BCUT2D eigenvalue weighted by Crippen LogP contribution is -2.45. The van der Waals surface area contributed by atoms with Crippen molar-refractivity contribution < 1.29 is 4.84 Å². The Bertz CT molecular complexity index is 275. The Morgan fingerprint density at radius 3 is 2.67 bits per heavy atom. The molecule has 0 aromatic carbocycles. The second kappa shape index (κ2) is 3.48. The molecule has 0 amide bonds. The van der Waals surface area contributed by atoms with Crippen molar-refractivity contribution in [3.63, 3.8) is 0 Å². The highest BCUT2D eigenvalue weighted by Gasteiger charge is 2.41. The Hall–Kier alpha value is -0.570. The lowest BCUT2D eigenvalue weighted by Gasteiger charge is -2.37. The zero-order valence-electron chi connectivity index (χ0n) is 9.54. The third-order valence-electron chi connectivity index (χ3n) is 3.95. The monoisotopic (exact) mass is 208 g/mol. The topological polar surface area (TPSA) is 24.8 Å². The van der Waals surface area contributed by atoms with Gasteiger partial charge >= 0.3 is 0 Å².